The number of ether oxygens (including phenoxy) is 1. The Labute approximate surface area is 176 Å². The SMILES string of the molecule is CCn1cc(CN2CCO[C@@H](c3cccc(-c4cccc(C(N)=O)c4)n3)C2)c(C)n1. The molecule has 2 aromatic heterocycles. The van der Waals surface area contributed by atoms with E-state index in [2.05, 4.69) is 30.0 Å². The average molecular weight is 406 g/mol. The summed E-state index contributed by atoms with van der Waals surface area (Å²) in [6.07, 6.45) is 2.03. The van der Waals surface area contributed by atoms with Crippen molar-refractivity contribution in [1.82, 2.24) is 19.7 Å². The van der Waals surface area contributed by atoms with Crippen molar-refractivity contribution in [2.45, 2.75) is 33.0 Å². The highest BCUT2D eigenvalue weighted by atomic mass is 16.5. The maximum atomic E-state index is 11.5. The molecular weight excluding hydrogens is 378 g/mol. The van der Waals surface area contributed by atoms with Crippen molar-refractivity contribution < 1.29 is 9.53 Å². The lowest BCUT2D eigenvalue weighted by Crippen LogP contribution is -2.38. The number of benzene rings is 1. The van der Waals surface area contributed by atoms with Gasteiger partial charge in [-0.05, 0) is 38.1 Å². The third-order valence-electron chi connectivity index (χ3n) is 5.46. The van der Waals surface area contributed by atoms with Crippen LogP contribution in [0.2, 0.25) is 0 Å². The van der Waals surface area contributed by atoms with Crippen molar-refractivity contribution in [2.75, 3.05) is 19.7 Å². The van der Waals surface area contributed by atoms with Gasteiger partial charge in [-0.25, -0.2) is 0 Å². The van der Waals surface area contributed by atoms with E-state index in [4.69, 9.17) is 15.5 Å². The summed E-state index contributed by atoms with van der Waals surface area (Å²) in [5.74, 6) is -0.444. The van der Waals surface area contributed by atoms with E-state index < -0.39 is 5.91 Å². The summed E-state index contributed by atoms with van der Waals surface area (Å²) < 4.78 is 8.02. The largest absolute Gasteiger partial charge is 0.369 e. The Morgan fingerprint density at radius 2 is 2.10 bits per heavy atom. The van der Waals surface area contributed by atoms with Crippen LogP contribution >= 0.6 is 0 Å². The normalized spacial score (nSPS) is 17.2. The number of morpholine rings is 1. The van der Waals surface area contributed by atoms with Crippen LogP contribution in [0.25, 0.3) is 11.3 Å². The Bertz CT molecular complexity index is 1050. The lowest BCUT2D eigenvalue weighted by atomic mass is 10.1. The Kier molecular flexibility index (Phi) is 5.92. The van der Waals surface area contributed by atoms with Gasteiger partial charge in [-0.15, -0.1) is 0 Å². The summed E-state index contributed by atoms with van der Waals surface area (Å²) in [7, 11) is 0. The summed E-state index contributed by atoms with van der Waals surface area (Å²) in [4.78, 5) is 18.7. The van der Waals surface area contributed by atoms with Gasteiger partial charge >= 0.3 is 0 Å². The van der Waals surface area contributed by atoms with Crippen LogP contribution in [0.15, 0.2) is 48.7 Å². The minimum Gasteiger partial charge on any atom is -0.369 e. The predicted molar refractivity (Wildman–Crippen MR) is 115 cm³/mol. The zero-order valence-electron chi connectivity index (χ0n) is 17.4. The molecule has 4 rings (SSSR count). The van der Waals surface area contributed by atoms with Gasteiger partial charge in [-0.1, -0.05) is 18.2 Å². The van der Waals surface area contributed by atoms with Gasteiger partial charge in [0.05, 0.1) is 23.7 Å². The average Bonchev–Trinajstić information content (AvgIpc) is 3.13. The van der Waals surface area contributed by atoms with Crippen LogP contribution < -0.4 is 5.73 Å². The van der Waals surface area contributed by atoms with Crippen molar-refractivity contribution in [3.05, 3.63) is 71.2 Å². The highest BCUT2D eigenvalue weighted by Crippen LogP contribution is 2.25. The van der Waals surface area contributed by atoms with Gasteiger partial charge in [-0.3, -0.25) is 19.4 Å². The number of primary amides is 1. The van der Waals surface area contributed by atoms with Crippen molar-refractivity contribution in [3.8, 4) is 11.3 Å². The van der Waals surface area contributed by atoms with Crippen molar-refractivity contribution in [1.29, 1.82) is 0 Å². The number of rotatable bonds is 6. The van der Waals surface area contributed by atoms with Gasteiger partial charge in [0, 0.05) is 49.1 Å². The molecule has 1 aliphatic rings. The molecular formula is C23H27N5O2. The van der Waals surface area contributed by atoms with Crippen LogP contribution in [0.5, 0.6) is 0 Å². The van der Waals surface area contributed by atoms with Gasteiger partial charge < -0.3 is 10.5 Å². The fourth-order valence-electron chi connectivity index (χ4n) is 3.77. The molecule has 3 heterocycles. The van der Waals surface area contributed by atoms with E-state index in [0.717, 1.165) is 48.8 Å². The molecule has 1 atom stereocenters. The first-order chi connectivity index (χ1) is 14.5. The van der Waals surface area contributed by atoms with Crippen LogP contribution in [-0.4, -0.2) is 45.3 Å². The number of hydrogen-bond acceptors (Lipinski definition) is 5. The molecule has 1 fully saturated rings. The van der Waals surface area contributed by atoms with E-state index in [0.29, 0.717) is 12.2 Å². The van der Waals surface area contributed by atoms with Crippen molar-refractivity contribution in [3.63, 3.8) is 0 Å². The molecule has 30 heavy (non-hydrogen) atoms. The molecule has 1 aromatic carbocycles. The van der Waals surface area contributed by atoms with Gasteiger partial charge in [-0.2, -0.15) is 5.10 Å². The summed E-state index contributed by atoms with van der Waals surface area (Å²) in [6.45, 7) is 8.20. The molecule has 2 N–H and O–H groups in total. The second-order valence-corrected chi connectivity index (χ2v) is 7.58. The number of nitrogens with zero attached hydrogens (tertiary/aromatic N) is 4. The smallest absolute Gasteiger partial charge is 0.248 e. The lowest BCUT2D eigenvalue weighted by Gasteiger charge is -2.32. The van der Waals surface area contributed by atoms with Gasteiger partial charge in [0.2, 0.25) is 5.91 Å². The number of carbonyl (C=O) groups is 1. The van der Waals surface area contributed by atoms with Crippen molar-refractivity contribution in [2.24, 2.45) is 5.73 Å². The second-order valence-electron chi connectivity index (χ2n) is 7.58. The number of hydrogen-bond donors (Lipinski definition) is 1. The fourth-order valence-corrected chi connectivity index (χ4v) is 3.77. The standard InChI is InChI=1S/C23H27N5O2/c1-3-28-14-19(16(2)26-28)13-27-10-11-30-22(15-27)21-9-5-8-20(25-21)17-6-4-7-18(12-17)23(24)29/h4-9,12,14,22H,3,10-11,13,15H2,1-2H3,(H2,24,29)/t22-/m1/s1. The zero-order valence-corrected chi connectivity index (χ0v) is 17.4. The minimum atomic E-state index is -0.444. The van der Waals surface area contributed by atoms with E-state index >= 15 is 0 Å². The van der Waals surface area contributed by atoms with E-state index in [1.165, 1.54) is 5.56 Å². The quantitative estimate of drug-likeness (QED) is 0.681. The van der Waals surface area contributed by atoms with Crippen LogP contribution in [0, 0.1) is 6.92 Å². The van der Waals surface area contributed by atoms with E-state index in [-0.39, 0.29) is 6.10 Å². The van der Waals surface area contributed by atoms with Crippen molar-refractivity contribution >= 4 is 5.91 Å². The number of amides is 1. The fraction of sp³-hybridized carbons (Fsp3) is 0.348. The van der Waals surface area contributed by atoms with E-state index in [1.807, 2.05) is 35.0 Å². The van der Waals surface area contributed by atoms with E-state index in [9.17, 15) is 4.79 Å². The van der Waals surface area contributed by atoms with Gasteiger partial charge in [0.1, 0.15) is 6.10 Å². The monoisotopic (exact) mass is 405 g/mol. The molecule has 0 bridgehead atoms. The van der Waals surface area contributed by atoms with Crippen LogP contribution in [-0.2, 0) is 17.8 Å². The lowest BCUT2D eigenvalue weighted by molar-refractivity contribution is -0.0350. The third-order valence-corrected chi connectivity index (χ3v) is 5.46. The first-order valence-electron chi connectivity index (χ1n) is 10.3. The molecule has 1 aliphatic heterocycles. The van der Waals surface area contributed by atoms with Gasteiger partial charge in [0.25, 0.3) is 0 Å². The molecule has 1 saturated heterocycles. The first-order valence-corrected chi connectivity index (χ1v) is 10.3. The number of aromatic nitrogens is 3. The molecule has 7 heteroatoms. The van der Waals surface area contributed by atoms with Crippen LogP contribution in [0.4, 0.5) is 0 Å². The highest BCUT2D eigenvalue weighted by Gasteiger charge is 2.24. The van der Waals surface area contributed by atoms with E-state index in [1.54, 1.807) is 12.1 Å². The predicted octanol–water partition coefficient (Wildman–Crippen LogP) is 2.95. The number of carbonyl (C=O) groups excluding carboxylic acids is 1. The van der Waals surface area contributed by atoms with Gasteiger partial charge in [0.15, 0.2) is 0 Å². The summed E-state index contributed by atoms with van der Waals surface area (Å²) in [6, 6.07) is 13.1. The second kappa shape index (κ2) is 8.77. The molecule has 156 valence electrons. The number of pyridine rings is 1. The molecule has 0 unspecified atom stereocenters. The highest BCUT2D eigenvalue weighted by molar-refractivity contribution is 5.93. The maximum absolute atomic E-state index is 11.5. The summed E-state index contributed by atoms with van der Waals surface area (Å²) >= 11 is 0. The summed E-state index contributed by atoms with van der Waals surface area (Å²) in [5, 5.41) is 4.55. The summed E-state index contributed by atoms with van der Waals surface area (Å²) in [5.41, 5.74) is 10.8. The number of aryl methyl sites for hydroxylation is 2. The topological polar surface area (TPSA) is 86.3 Å². The molecule has 0 aliphatic carbocycles. The number of nitrogens with two attached hydrogens (primary N) is 1. The first kappa shape index (κ1) is 20.3. The maximum Gasteiger partial charge on any atom is 0.248 e. The molecule has 7 nitrogen and oxygen atoms in total. The third kappa shape index (κ3) is 4.42. The molecule has 1 amide bonds. The zero-order chi connectivity index (χ0) is 21.1. The van der Waals surface area contributed by atoms with Crippen LogP contribution in [0.1, 0.15) is 40.3 Å². The Morgan fingerprint density at radius 3 is 2.87 bits per heavy atom. The molecule has 3 aromatic rings. The molecule has 0 radical (unpaired) electrons. The Morgan fingerprint density at radius 1 is 1.27 bits per heavy atom. The molecule has 0 spiro atoms. The van der Waals surface area contributed by atoms with Crippen LogP contribution in [0.3, 0.4) is 0 Å². The Balaban J connectivity index is 1.51. The minimum absolute atomic E-state index is 0.0976. The molecule has 0 saturated carbocycles. The Hall–Kier alpha value is -3.03.